The number of ether oxygens (including phenoxy) is 2. The Labute approximate surface area is 175 Å². The van der Waals surface area contributed by atoms with Gasteiger partial charge >= 0.3 is 5.97 Å². The SMILES string of the molecule is COc1ccc(C)cc1NC(=O)C(C)OC(=O)c1ccc2[nH]c3c(c2c1)CCCC3. The Morgan fingerprint density at radius 3 is 2.70 bits per heavy atom. The fourth-order valence-electron chi connectivity index (χ4n) is 3.97. The Balaban J connectivity index is 1.48. The molecule has 1 aliphatic carbocycles. The topological polar surface area (TPSA) is 80.4 Å². The average molecular weight is 406 g/mol. The predicted octanol–water partition coefficient (Wildman–Crippen LogP) is 4.55. The van der Waals surface area contributed by atoms with Gasteiger partial charge in [-0.25, -0.2) is 4.79 Å². The number of amides is 1. The van der Waals surface area contributed by atoms with Crippen LogP contribution in [0.5, 0.6) is 5.75 Å². The molecule has 1 aromatic heterocycles. The van der Waals surface area contributed by atoms with Crippen molar-refractivity contribution in [3.05, 3.63) is 58.8 Å². The van der Waals surface area contributed by atoms with Gasteiger partial charge < -0.3 is 19.8 Å². The molecule has 1 atom stereocenters. The third-order valence-corrected chi connectivity index (χ3v) is 5.60. The molecule has 156 valence electrons. The first-order valence-corrected chi connectivity index (χ1v) is 10.3. The summed E-state index contributed by atoms with van der Waals surface area (Å²) in [4.78, 5) is 28.7. The summed E-state index contributed by atoms with van der Waals surface area (Å²) in [7, 11) is 1.54. The van der Waals surface area contributed by atoms with Crippen LogP contribution in [-0.2, 0) is 22.4 Å². The number of aromatic amines is 1. The van der Waals surface area contributed by atoms with Crippen LogP contribution in [0.4, 0.5) is 5.69 Å². The molecule has 0 saturated carbocycles. The third kappa shape index (κ3) is 3.90. The number of aromatic nitrogens is 1. The first-order valence-electron chi connectivity index (χ1n) is 10.3. The molecule has 6 nitrogen and oxygen atoms in total. The fraction of sp³-hybridized carbons (Fsp3) is 0.333. The summed E-state index contributed by atoms with van der Waals surface area (Å²) in [6.07, 6.45) is 3.47. The highest BCUT2D eigenvalue weighted by Gasteiger charge is 2.22. The quantitative estimate of drug-likeness (QED) is 0.609. The molecule has 1 aliphatic rings. The summed E-state index contributed by atoms with van der Waals surface area (Å²) in [5.74, 6) is -0.371. The smallest absolute Gasteiger partial charge is 0.338 e. The van der Waals surface area contributed by atoms with E-state index in [1.807, 2.05) is 31.2 Å². The molecule has 0 saturated heterocycles. The van der Waals surface area contributed by atoms with Crippen LogP contribution < -0.4 is 10.1 Å². The van der Waals surface area contributed by atoms with E-state index in [2.05, 4.69) is 10.3 Å². The Morgan fingerprint density at radius 2 is 1.90 bits per heavy atom. The summed E-state index contributed by atoms with van der Waals surface area (Å²) < 4.78 is 10.7. The Morgan fingerprint density at radius 1 is 1.10 bits per heavy atom. The van der Waals surface area contributed by atoms with Crippen molar-refractivity contribution in [2.24, 2.45) is 0 Å². The second kappa shape index (κ2) is 8.22. The van der Waals surface area contributed by atoms with Gasteiger partial charge in [0.25, 0.3) is 5.91 Å². The summed E-state index contributed by atoms with van der Waals surface area (Å²) >= 11 is 0. The van der Waals surface area contributed by atoms with Crippen LogP contribution in [0.3, 0.4) is 0 Å². The van der Waals surface area contributed by atoms with Crippen LogP contribution in [0.25, 0.3) is 10.9 Å². The molecular formula is C24H26N2O4. The van der Waals surface area contributed by atoms with Gasteiger partial charge in [0.1, 0.15) is 5.75 Å². The maximum absolute atomic E-state index is 12.7. The van der Waals surface area contributed by atoms with Gasteiger partial charge in [-0.1, -0.05) is 6.07 Å². The number of H-pyrrole nitrogens is 1. The van der Waals surface area contributed by atoms with E-state index in [9.17, 15) is 9.59 Å². The normalized spacial score (nSPS) is 14.1. The van der Waals surface area contributed by atoms with Gasteiger partial charge in [-0.2, -0.15) is 0 Å². The molecule has 3 aromatic rings. The van der Waals surface area contributed by atoms with Gasteiger partial charge in [-0.05, 0) is 81.0 Å². The molecule has 1 unspecified atom stereocenters. The van der Waals surface area contributed by atoms with Gasteiger partial charge in [0.05, 0.1) is 18.4 Å². The maximum Gasteiger partial charge on any atom is 0.338 e. The highest BCUT2D eigenvalue weighted by molar-refractivity contribution is 6.00. The molecule has 0 bridgehead atoms. The van der Waals surface area contributed by atoms with Crippen molar-refractivity contribution in [2.45, 2.75) is 45.6 Å². The van der Waals surface area contributed by atoms with Gasteiger partial charge in [-0.15, -0.1) is 0 Å². The van der Waals surface area contributed by atoms with Gasteiger partial charge in [0.15, 0.2) is 6.10 Å². The molecular weight excluding hydrogens is 380 g/mol. The number of esters is 1. The minimum absolute atomic E-state index is 0.410. The first-order chi connectivity index (χ1) is 14.5. The molecule has 0 aliphatic heterocycles. The number of anilines is 1. The predicted molar refractivity (Wildman–Crippen MR) is 116 cm³/mol. The number of carbonyl (C=O) groups excluding carboxylic acids is 2. The first kappa shape index (κ1) is 20.0. The van der Waals surface area contributed by atoms with E-state index in [1.54, 1.807) is 26.2 Å². The molecule has 4 rings (SSSR count). The highest BCUT2D eigenvalue weighted by Crippen LogP contribution is 2.30. The van der Waals surface area contributed by atoms with Crippen LogP contribution in [-0.4, -0.2) is 30.1 Å². The van der Waals surface area contributed by atoms with Crippen LogP contribution in [0, 0.1) is 6.92 Å². The van der Waals surface area contributed by atoms with E-state index in [4.69, 9.17) is 9.47 Å². The molecule has 0 spiro atoms. The minimum atomic E-state index is -0.946. The molecule has 2 N–H and O–H groups in total. The molecule has 1 heterocycles. The van der Waals surface area contributed by atoms with Crippen LogP contribution in [0.15, 0.2) is 36.4 Å². The van der Waals surface area contributed by atoms with Crippen molar-refractivity contribution in [2.75, 3.05) is 12.4 Å². The number of fused-ring (bicyclic) bond motifs is 3. The number of aryl methyl sites for hydroxylation is 3. The molecule has 0 radical (unpaired) electrons. The largest absolute Gasteiger partial charge is 0.495 e. The lowest BCUT2D eigenvalue weighted by molar-refractivity contribution is -0.123. The lowest BCUT2D eigenvalue weighted by atomic mass is 9.95. The summed E-state index contributed by atoms with van der Waals surface area (Å²) in [6.45, 7) is 3.49. The number of hydrogen-bond donors (Lipinski definition) is 2. The molecule has 1 amide bonds. The van der Waals surface area contributed by atoms with Gasteiger partial charge in [0.2, 0.25) is 0 Å². The van der Waals surface area contributed by atoms with Crippen molar-refractivity contribution in [3.8, 4) is 5.75 Å². The van der Waals surface area contributed by atoms with Crippen molar-refractivity contribution in [1.82, 2.24) is 4.98 Å². The van der Waals surface area contributed by atoms with Crippen molar-refractivity contribution >= 4 is 28.5 Å². The zero-order chi connectivity index (χ0) is 21.3. The molecule has 30 heavy (non-hydrogen) atoms. The number of carbonyl (C=O) groups is 2. The summed E-state index contributed by atoms with van der Waals surface area (Å²) in [6, 6.07) is 11.0. The Bertz CT molecular complexity index is 1120. The van der Waals surface area contributed by atoms with Gasteiger partial charge in [-0.3, -0.25) is 4.79 Å². The number of benzene rings is 2. The number of hydrogen-bond acceptors (Lipinski definition) is 4. The zero-order valence-corrected chi connectivity index (χ0v) is 17.5. The summed E-state index contributed by atoms with van der Waals surface area (Å²) in [5.41, 5.74) is 5.58. The van der Waals surface area contributed by atoms with Crippen molar-refractivity contribution < 1.29 is 19.1 Å². The van der Waals surface area contributed by atoms with E-state index < -0.39 is 18.0 Å². The van der Waals surface area contributed by atoms with Crippen LogP contribution in [0.1, 0.15) is 46.9 Å². The zero-order valence-electron chi connectivity index (χ0n) is 17.5. The number of rotatable bonds is 5. The van der Waals surface area contributed by atoms with Crippen LogP contribution >= 0.6 is 0 Å². The van der Waals surface area contributed by atoms with Crippen LogP contribution in [0.2, 0.25) is 0 Å². The number of nitrogens with one attached hydrogen (secondary N) is 2. The third-order valence-electron chi connectivity index (χ3n) is 5.60. The lowest BCUT2D eigenvalue weighted by Crippen LogP contribution is -2.30. The number of methoxy groups -OCH3 is 1. The van der Waals surface area contributed by atoms with Gasteiger partial charge in [0, 0.05) is 16.6 Å². The highest BCUT2D eigenvalue weighted by atomic mass is 16.5. The molecule has 0 fully saturated rings. The monoisotopic (exact) mass is 406 g/mol. The van der Waals surface area contributed by atoms with E-state index in [0.29, 0.717) is 17.0 Å². The molecule has 2 aromatic carbocycles. The van der Waals surface area contributed by atoms with E-state index in [0.717, 1.165) is 35.7 Å². The second-order valence-corrected chi connectivity index (χ2v) is 7.79. The van der Waals surface area contributed by atoms with E-state index in [-0.39, 0.29) is 0 Å². The maximum atomic E-state index is 12.7. The van der Waals surface area contributed by atoms with E-state index >= 15 is 0 Å². The second-order valence-electron chi connectivity index (χ2n) is 7.79. The minimum Gasteiger partial charge on any atom is -0.495 e. The van der Waals surface area contributed by atoms with Crippen molar-refractivity contribution in [1.29, 1.82) is 0 Å². The fourth-order valence-corrected chi connectivity index (χ4v) is 3.97. The molecule has 6 heteroatoms. The Kier molecular flexibility index (Phi) is 5.48. The summed E-state index contributed by atoms with van der Waals surface area (Å²) in [5, 5.41) is 3.85. The standard InChI is InChI=1S/C24H26N2O4/c1-14-8-11-22(29-3)21(12-14)26-23(27)15(2)30-24(28)16-9-10-20-18(13-16)17-6-4-5-7-19(17)25-20/h8-13,15,25H,4-7H2,1-3H3,(H,26,27). The Hall–Kier alpha value is -3.28. The lowest BCUT2D eigenvalue weighted by Gasteiger charge is -2.16. The van der Waals surface area contributed by atoms with E-state index in [1.165, 1.54) is 17.7 Å². The van der Waals surface area contributed by atoms with Crippen molar-refractivity contribution in [3.63, 3.8) is 0 Å². The average Bonchev–Trinajstić information content (AvgIpc) is 3.11.